The van der Waals surface area contributed by atoms with Gasteiger partial charge in [-0.15, -0.1) is 0 Å². The highest BCUT2D eigenvalue weighted by molar-refractivity contribution is 6.31. The van der Waals surface area contributed by atoms with Gasteiger partial charge < -0.3 is 9.84 Å². The molecule has 0 saturated heterocycles. The summed E-state index contributed by atoms with van der Waals surface area (Å²) in [6.45, 7) is 2.69. The first-order chi connectivity index (χ1) is 11.1. The highest BCUT2D eigenvalue weighted by Crippen LogP contribution is 2.20. The van der Waals surface area contributed by atoms with E-state index in [2.05, 4.69) is 22.4 Å². The van der Waals surface area contributed by atoms with Crippen molar-refractivity contribution in [3.05, 3.63) is 70.0 Å². The SMILES string of the molecule is C[C@H]([NH2+]Cc1nc(-c2ccc(Cl)cc2)no1)c1ccccc1Cl. The molecule has 3 aromatic rings. The maximum atomic E-state index is 6.22. The summed E-state index contributed by atoms with van der Waals surface area (Å²) < 4.78 is 5.31. The minimum Gasteiger partial charge on any atom is -0.333 e. The number of benzene rings is 2. The van der Waals surface area contributed by atoms with E-state index in [1.165, 1.54) is 0 Å². The molecule has 4 nitrogen and oxygen atoms in total. The molecule has 0 aliphatic carbocycles. The van der Waals surface area contributed by atoms with Crippen LogP contribution in [0.1, 0.15) is 24.4 Å². The number of hydrogen-bond acceptors (Lipinski definition) is 3. The van der Waals surface area contributed by atoms with E-state index in [-0.39, 0.29) is 6.04 Å². The second-order valence-corrected chi connectivity index (χ2v) is 6.11. The van der Waals surface area contributed by atoms with Crippen molar-refractivity contribution in [2.45, 2.75) is 19.5 Å². The Morgan fingerprint density at radius 3 is 2.57 bits per heavy atom. The number of nitrogens with two attached hydrogens (primary N) is 1. The van der Waals surface area contributed by atoms with Gasteiger partial charge in [-0.25, -0.2) is 0 Å². The Morgan fingerprint density at radius 1 is 1.09 bits per heavy atom. The Balaban J connectivity index is 1.65. The van der Waals surface area contributed by atoms with Gasteiger partial charge in [0.15, 0.2) is 6.54 Å². The van der Waals surface area contributed by atoms with Gasteiger partial charge in [0.05, 0.1) is 0 Å². The van der Waals surface area contributed by atoms with Crippen molar-refractivity contribution in [1.82, 2.24) is 10.1 Å². The molecular formula is C17H16Cl2N3O+. The molecule has 1 atom stereocenters. The van der Waals surface area contributed by atoms with E-state index in [0.29, 0.717) is 23.3 Å². The van der Waals surface area contributed by atoms with Crippen molar-refractivity contribution in [2.75, 3.05) is 0 Å². The van der Waals surface area contributed by atoms with Crippen LogP contribution in [-0.2, 0) is 6.54 Å². The van der Waals surface area contributed by atoms with Gasteiger partial charge in [-0.2, -0.15) is 4.98 Å². The van der Waals surface area contributed by atoms with Gasteiger partial charge in [0.1, 0.15) is 6.04 Å². The normalized spacial score (nSPS) is 12.3. The van der Waals surface area contributed by atoms with Gasteiger partial charge in [0.25, 0.3) is 5.89 Å². The Hall–Kier alpha value is -1.88. The highest BCUT2D eigenvalue weighted by Gasteiger charge is 2.15. The molecular weight excluding hydrogens is 333 g/mol. The largest absolute Gasteiger partial charge is 0.333 e. The first-order valence-corrected chi connectivity index (χ1v) is 8.05. The molecule has 0 bridgehead atoms. The van der Waals surface area contributed by atoms with E-state index < -0.39 is 0 Å². The molecule has 0 spiro atoms. The topological polar surface area (TPSA) is 55.5 Å². The number of nitrogens with zero attached hydrogens (tertiary/aromatic N) is 2. The molecule has 0 amide bonds. The van der Waals surface area contributed by atoms with E-state index in [1.54, 1.807) is 12.1 Å². The molecule has 118 valence electrons. The van der Waals surface area contributed by atoms with Gasteiger partial charge >= 0.3 is 0 Å². The number of aromatic nitrogens is 2. The van der Waals surface area contributed by atoms with Gasteiger partial charge in [0.2, 0.25) is 5.82 Å². The lowest BCUT2D eigenvalue weighted by Gasteiger charge is -2.10. The van der Waals surface area contributed by atoms with Crippen molar-refractivity contribution in [1.29, 1.82) is 0 Å². The fourth-order valence-corrected chi connectivity index (χ4v) is 2.74. The summed E-state index contributed by atoms with van der Waals surface area (Å²) in [5, 5.41) is 7.57. The molecule has 0 aliphatic heterocycles. The zero-order valence-corrected chi connectivity index (χ0v) is 14.1. The van der Waals surface area contributed by atoms with Gasteiger partial charge in [-0.05, 0) is 37.3 Å². The lowest BCUT2D eigenvalue weighted by Crippen LogP contribution is -2.83. The first kappa shape index (κ1) is 16.0. The fraction of sp³-hybridized carbons (Fsp3) is 0.176. The van der Waals surface area contributed by atoms with Crippen LogP contribution in [0.5, 0.6) is 0 Å². The van der Waals surface area contributed by atoms with Crippen LogP contribution in [0.4, 0.5) is 0 Å². The average Bonchev–Trinajstić information content (AvgIpc) is 3.03. The number of halogens is 2. The predicted octanol–water partition coefficient (Wildman–Crippen LogP) is 3.87. The smallest absolute Gasteiger partial charge is 0.282 e. The van der Waals surface area contributed by atoms with Crippen LogP contribution in [-0.4, -0.2) is 10.1 Å². The van der Waals surface area contributed by atoms with E-state index in [4.69, 9.17) is 27.7 Å². The van der Waals surface area contributed by atoms with Gasteiger partial charge in [-0.1, -0.05) is 46.6 Å². The third-order valence-corrected chi connectivity index (χ3v) is 4.21. The third kappa shape index (κ3) is 3.91. The van der Waals surface area contributed by atoms with Crippen molar-refractivity contribution in [2.24, 2.45) is 0 Å². The van der Waals surface area contributed by atoms with Crippen LogP contribution in [0.2, 0.25) is 10.0 Å². The summed E-state index contributed by atoms with van der Waals surface area (Å²) in [6, 6.07) is 15.4. The highest BCUT2D eigenvalue weighted by atomic mass is 35.5. The second kappa shape index (κ2) is 7.13. The summed E-state index contributed by atoms with van der Waals surface area (Å²) >= 11 is 12.1. The maximum Gasteiger partial charge on any atom is 0.282 e. The number of hydrogen-bond donors (Lipinski definition) is 1. The summed E-state index contributed by atoms with van der Waals surface area (Å²) in [4.78, 5) is 4.41. The predicted molar refractivity (Wildman–Crippen MR) is 90.2 cm³/mol. The van der Waals surface area contributed by atoms with Crippen molar-refractivity contribution < 1.29 is 9.84 Å². The number of quaternary nitrogens is 1. The van der Waals surface area contributed by atoms with Crippen LogP contribution in [0.25, 0.3) is 11.4 Å². The lowest BCUT2D eigenvalue weighted by molar-refractivity contribution is -0.710. The Labute approximate surface area is 144 Å². The quantitative estimate of drug-likeness (QED) is 0.761. The first-order valence-electron chi connectivity index (χ1n) is 7.30. The van der Waals surface area contributed by atoms with Crippen LogP contribution >= 0.6 is 23.2 Å². The molecule has 0 aliphatic rings. The molecule has 6 heteroatoms. The van der Waals surface area contributed by atoms with Gasteiger partial charge in [-0.3, -0.25) is 0 Å². The molecule has 3 rings (SSSR count). The number of rotatable bonds is 5. The zero-order valence-electron chi connectivity index (χ0n) is 12.5. The molecule has 0 radical (unpaired) electrons. The summed E-state index contributed by atoms with van der Waals surface area (Å²) in [5.41, 5.74) is 1.97. The Morgan fingerprint density at radius 2 is 1.83 bits per heavy atom. The van der Waals surface area contributed by atoms with E-state index in [9.17, 15) is 0 Å². The molecule has 23 heavy (non-hydrogen) atoms. The molecule has 0 fully saturated rings. The Kier molecular flexibility index (Phi) is 4.96. The molecule has 1 heterocycles. The molecule has 0 unspecified atom stereocenters. The van der Waals surface area contributed by atoms with Crippen molar-refractivity contribution in [3.63, 3.8) is 0 Å². The molecule has 2 N–H and O–H groups in total. The second-order valence-electron chi connectivity index (χ2n) is 5.27. The standard InChI is InChI=1S/C17H15Cl2N3O/c1-11(14-4-2-3-5-15(14)19)20-10-16-21-17(22-23-16)12-6-8-13(18)9-7-12/h2-9,11,20H,10H2,1H3/p+1/t11-/m0/s1. The monoisotopic (exact) mass is 348 g/mol. The van der Waals surface area contributed by atoms with Crippen molar-refractivity contribution >= 4 is 23.2 Å². The third-order valence-electron chi connectivity index (χ3n) is 3.61. The Bertz CT molecular complexity index is 787. The minimum absolute atomic E-state index is 0.203. The van der Waals surface area contributed by atoms with Crippen LogP contribution in [0, 0.1) is 0 Å². The van der Waals surface area contributed by atoms with E-state index >= 15 is 0 Å². The van der Waals surface area contributed by atoms with Crippen LogP contribution in [0.15, 0.2) is 53.1 Å². The molecule has 2 aromatic carbocycles. The van der Waals surface area contributed by atoms with Crippen LogP contribution in [0.3, 0.4) is 0 Å². The average molecular weight is 349 g/mol. The molecule has 0 saturated carbocycles. The fourth-order valence-electron chi connectivity index (χ4n) is 2.30. The minimum atomic E-state index is 0.203. The van der Waals surface area contributed by atoms with Gasteiger partial charge in [0, 0.05) is 21.2 Å². The van der Waals surface area contributed by atoms with Crippen LogP contribution < -0.4 is 5.32 Å². The summed E-state index contributed by atoms with van der Waals surface area (Å²) in [5.74, 6) is 1.14. The van der Waals surface area contributed by atoms with Crippen molar-refractivity contribution in [3.8, 4) is 11.4 Å². The zero-order chi connectivity index (χ0) is 16.2. The van der Waals surface area contributed by atoms with E-state index in [1.807, 2.05) is 36.4 Å². The lowest BCUT2D eigenvalue weighted by atomic mass is 10.1. The van der Waals surface area contributed by atoms with E-state index in [0.717, 1.165) is 16.1 Å². The summed E-state index contributed by atoms with van der Waals surface area (Å²) in [7, 11) is 0. The summed E-state index contributed by atoms with van der Waals surface area (Å²) in [6.07, 6.45) is 0. The maximum absolute atomic E-state index is 6.22. The molecule has 1 aromatic heterocycles.